The molecule has 4 fully saturated rings. The first-order chi connectivity index (χ1) is 17.8. The molecule has 2 heterocycles. The third kappa shape index (κ3) is 4.27. The molecule has 201 valence electrons. The second kappa shape index (κ2) is 8.33. The first kappa shape index (κ1) is 25.9. The minimum Gasteiger partial charge on any atom is -0.359 e. The van der Waals surface area contributed by atoms with Crippen LogP contribution in [0.25, 0.3) is 10.9 Å². The molecule has 2 N–H and O–H groups in total. The van der Waals surface area contributed by atoms with Crippen molar-refractivity contribution in [2.24, 2.45) is 17.3 Å². The van der Waals surface area contributed by atoms with Gasteiger partial charge in [-0.3, -0.25) is 4.79 Å². The molecular formula is C27H35N5O4SSi+. The molecular weight excluding hydrogens is 518 g/mol. The van der Waals surface area contributed by atoms with E-state index in [1.807, 2.05) is 33.8 Å². The Labute approximate surface area is 227 Å². The molecule has 3 saturated carbocycles. The van der Waals surface area contributed by atoms with Gasteiger partial charge in [-0.2, -0.15) is 0 Å². The van der Waals surface area contributed by atoms with Crippen LogP contribution in [0.5, 0.6) is 0 Å². The predicted molar refractivity (Wildman–Crippen MR) is 146 cm³/mol. The topological polar surface area (TPSA) is 108 Å². The highest BCUT2D eigenvalue weighted by molar-refractivity contribution is 7.89. The molecule has 2 atom stereocenters. The minimum absolute atomic E-state index is 0.00701. The van der Waals surface area contributed by atoms with Gasteiger partial charge in [0.15, 0.2) is 0 Å². The summed E-state index contributed by atoms with van der Waals surface area (Å²) < 4.78 is 29.9. The number of benzene rings is 1. The SMILES string of the molecule is CC(C)C(=O)[N+]1([Si])CCN(c2cc(S(=O)(=O)NC3(C)CC3)cc3nc(NC(=O)C45CC4C5)ccc23)C[C@@H]1C. The van der Waals surface area contributed by atoms with E-state index in [-0.39, 0.29) is 38.2 Å². The van der Waals surface area contributed by atoms with Gasteiger partial charge in [0, 0.05) is 16.6 Å². The van der Waals surface area contributed by atoms with E-state index in [2.05, 4.69) is 25.3 Å². The number of piperazine rings is 1. The number of nitrogens with zero attached hydrogens (tertiary/aromatic N) is 3. The van der Waals surface area contributed by atoms with Gasteiger partial charge in [-0.15, -0.1) is 0 Å². The van der Waals surface area contributed by atoms with E-state index in [0.717, 1.165) is 36.8 Å². The van der Waals surface area contributed by atoms with Crippen LogP contribution >= 0.6 is 0 Å². The Morgan fingerprint density at radius 2 is 1.89 bits per heavy atom. The summed E-state index contributed by atoms with van der Waals surface area (Å²) in [4.78, 5) is 32.7. The van der Waals surface area contributed by atoms with Gasteiger partial charge in [-0.25, -0.2) is 22.9 Å². The van der Waals surface area contributed by atoms with E-state index in [4.69, 9.17) is 4.98 Å². The van der Waals surface area contributed by atoms with Crippen LogP contribution in [0, 0.1) is 17.3 Å². The molecule has 1 aromatic heterocycles. The van der Waals surface area contributed by atoms with E-state index >= 15 is 0 Å². The number of carbonyl (C=O) groups is 2. The van der Waals surface area contributed by atoms with Gasteiger partial charge in [0.05, 0.1) is 47.4 Å². The van der Waals surface area contributed by atoms with Crippen molar-refractivity contribution in [3.05, 3.63) is 24.3 Å². The Bertz CT molecular complexity index is 1470. The number of amides is 2. The van der Waals surface area contributed by atoms with Crippen molar-refractivity contribution < 1.29 is 22.2 Å². The first-order valence-corrected chi connectivity index (χ1v) is 15.4. The highest BCUT2D eigenvalue weighted by atomic mass is 32.2. The Morgan fingerprint density at radius 3 is 2.47 bits per heavy atom. The van der Waals surface area contributed by atoms with Gasteiger partial charge < -0.3 is 14.4 Å². The fourth-order valence-corrected chi connectivity index (χ4v) is 7.66. The van der Waals surface area contributed by atoms with Crippen LogP contribution in [0.3, 0.4) is 0 Å². The van der Waals surface area contributed by atoms with E-state index in [1.165, 1.54) is 0 Å². The fraction of sp³-hybridized carbons (Fsp3) is 0.593. The van der Waals surface area contributed by atoms with Crippen molar-refractivity contribution in [3.63, 3.8) is 0 Å². The summed E-state index contributed by atoms with van der Waals surface area (Å²) in [5.41, 5.74) is 0.677. The van der Waals surface area contributed by atoms with Gasteiger partial charge in [-0.1, -0.05) is 0 Å². The zero-order chi connectivity index (χ0) is 27.3. The van der Waals surface area contributed by atoms with Crippen molar-refractivity contribution in [2.45, 2.75) is 69.9 Å². The summed E-state index contributed by atoms with van der Waals surface area (Å²) in [6, 6.07) is 6.96. The van der Waals surface area contributed by atoms with Crippen LogP contribution in [0.1, 0.15) is 53.4 Å². The molecule has 2 aromatic rings. The molecule has 0 spiro atoms. The van der Waals surface area contributed by atoms with Crippen LogP contribution in [-0.2, 0) is 19.6 Å². The number of pyridine rings is 1. The van der Waals surface area contributed by atoms with Crippen molar-refractivity contribution in [2.75, 3.05) is 29.9 Å². The number of nitrogens with one attached hydrogen (secondary N) is 2. The fourth-order valence-electron chi connectivity index (χ4n) is 5.72. The monoisotopic (exact) mass is 553 g/mol. The molecule has 1 unspecified atom stereocenters. The second-order valence-electron chi connectivity index (χ2n) is 12.5. The molecule has 1 aromatic carbocycles. The van der Waals surface area contributed by atoms with Crippen LogP contribution < -0.4 is 14.9 Å². The number of quaternary nitrogens is 1. The zero-order valence-corrected chi connectivity index (χ0v) is 24.2. The van der Waals surface area contributed by atoms with Crippen molar-refractivity contribution in [1.82, 2.24) is 9.71 Å². The summed E-state index contributed by atoms with van der Waals surface area (Å²) >= 11 is 0. The van der Waals surface area contributed by atoms with Gasteiger partial charge >= 0.3 is 10.4 Å². The molecule has 3 aliphatic carbocycles. The predicted octanol–water partition coefficient (Wildman–Crippen LogP) is 2.71. The van der Waals surface area contributed by atoms with E-state index in [9.17, 15) is 18.0 Å². The van der Waals surface area contributed by atoms with E-state index in [0.29, 0.717) is 36.9 Å². The lowest BCUT2D eigenvalue weighted by atomic mass is 10.1. The maximum atomic E-state index is 13.4. The first-order valence-electron chi connectivity index (χ1n) is 13.5. The number of hydrogen-bond donors (Lipinski definition) is 2. The second-order valence-corrected chi connectivity index (χ2v) is 14.9. The smallest absolute Gasteiger partial charge is 0.359 e. The van der Waals surface area contributed by atoms with Crippen LogP contribution in [0.2, 0.25) is 0 Å². The van der Waals surface area contributed by atoms with E-state index in [1.54, 1.807) is 18.2 Å². The summed E-state index contributed by atoms with van der Waals surface area (Å²) in [5, 5.41) is 3.76. The maximum Gasteiger partial charge on any atom is 0.458 e. The number of anilines is 2. The number of rotatable bonds is 7. The normalized spacial score (nSPS) is 31.2. The lowest BCUT2D eigenvalue weighted by Gasteiger charge is -2.47. The maximum absolute atomic E-state index is 13.4. The average Bonchev–Trinajstić information content (AvgIpc) is 3.76. The Hall–Kier alpha value is -2.34. The third-order valence-electron chi connectivity index (χ3n) is 9.01. The largest absolute Gasteiger partial charge is 0.458 e. The summed E-state index contributed by atoms with van der Waals surface area (Å²) in [7, 11) is 0.00335. The quantitative estimate of drug-likeness (QED) is 0.511. The van der Waals surface area contributed by atoms with Crippen LogP contribution in [-0.4, -0.2) is 71.0 Å². The number of sulfonamides is 1. The van der Waals surface area contributed by atoms with Crippen LogP contribution in [0.15, 0.2) is 29.2 Å². The molecule has 9 nitrogen and oxygen atoms in total. The van der Waals surface area contributed by atoms with Crippen LogP contribution in [0.4, 0.5) is 11.5 Å². The number of aromatic nitrogens is 1. The third-order valence-corrected chi connectivity index (χ3v) is 11.5. The average molecular weight is 554 g/mol. The lowest BCUT2D eigenvalue weighted by molar-refractivity contribution is -0.768. The standard InChI is InChI=1S/C27H35N5O4SSi/c1-16(2)24(33)32(38)10-9-31(15-17(32)3)22-12-19(37(35,36)30-26(4)7-8-26)11-21-20(22)5-6-23(28-21)29-25(34)27-13-18(27)14-27/h5-6,11-12,16-18,30H,7-10,13-15H2,1-4H3,(H,28,29,34)/q+1/t17-,18?,27?,32?/m0/s1. The molecule has 1 aliphatic heterocycles. The van der Waals surface area contributed by atoms with Gasteiger partial charge in [0.1, 0.15) is 5.82 Å². The number of fused-ring (bicyclic) bond motifs is 2. The molecule has 1 saturated heterocycles. The molecule has 0 bridgehead atoms. The zero-order valence-electron chi connectivity index (χ0n) is 22.4. The summed E-state index contributed by atoms with van der Waals surface area (Å²) in [6.07, 6.45) is 3.51. The van der Waals surface area contributed by atoms with Crippen molar-refractivity contribution >= 4 is 54.6 Å². The van der Waals surface area contributed by atoms with Gasteiger partial charge in [-0.05, 0) is 83.6 Å². The molecule has 6 rings (SSSR count). The molecule has 2 amide bonds. The number of hydrogen-bond acceptors (Lipinski definition) is 6. The molecule has 11 heteroatoms. The Kier molecular flexibility index (Phi) is 5.68. The molecule has 3 radical (unpaired) electrons. The van der Waals surface area contributed by atoms with Gasteiger partial charge in [0.2, 0.25) is 15.9 Å². The van der Waals surface area contributed by atoms with Gasteiger partial charge in [0.25, 0.3) is 5.91 Å². The highest BCUT2D eigenvalue weighted by Gasteiger charge is 2.74. The number of carbonyl (C=O) groups excluding carboxylic acids is 2. The van der Waals surface area contributed by atoms with E-state index < -0.39 is 15.6 Å². The Morgan fingerprint density at radius 1 is 1.21 bits per heavy atom. The minimum atomic E-state index is -3.78. The lowest BCUT2D eigenvalue weighted by Crippen LogP contribution is -2.67. The van der Waals surface area contributed by atoms with Crippen molar-refractivity contribution in [3.8, 4) is 0 Å². The Balaban J connectivity index is 1.37. The summed E-state index contributed by atoms with van der Waals surface area (Å²) in [6.45, 7) is 9.44. The summed E-state index contributed by atoms with van der Waals surface area (Å²) in [5.74, 6) is 0.983. The van der Waals surface area contributed by atoms with Crippen molar-refractivity contribution in [1.29, 1.82) is 0 Å². The molecule has 38 heavy (non-hydrogen) atoms. The molecule has 4 aliphatic rings. The highest BCUT2D eigenvalue weighted by Crippen LogP contribution is 2.75.